The molecule has 0 radical (unpaired) electrons. The van der Waals surface area contributed by atoms with E-state index in [1.165, 1.54) is 12.3 Å². The molecule has 1 aromatic carbocycles. The molecule has 14 heteroatoms. The number of ether oxygens (including phenoxy) is 1. The molecular weight excluding hydrogens is 653 g/mol. The molecule has 0 saturated carbocycles. The number of nitrogens with zero attached hydrogens (tertiary/aromatic N) is 9. The Morgan fingerprint density at radius 2 is 1.82 bits per heavy atom. The van der Waals surface area contributed by atoms with Gasteiger partial charge in [0.15, 0.2) is 5.65 Å². The van der Waals surface area contributed by atoms with E-state index in [2.05, 4.69) is 16.9 Å². The van der Waals surface area contributed by atoms with Gasteiger partial charge in [-0.25, -0.2) is 19.6 Å². The monoisotopic (exact) mass is 695 g/mol. The van der Waals surface area contributed by atoms with E-state index in [1.54, 1.807) is 29.0 Å². The molecule has 51 heavy (non-hydrogen) atoms. The van der Waals surface area contributed by atoms with E-state index in [4.69, 9.17) is 24.6 Å². The van der Waals surface area contributed by atoms with Crippen molar-refractivity contribution in [1.82, 2.24) is 44.2 Å². The van der Waals surface area contributed by atoms with Gasteiger partial charge in [0.25, 0.3) is 5.91 Å². The first-order chi connectivity index (χ1) is 24.7. The number of amides is 1. The summed E-state index contributed by atoms with van der Waals surface area (Å²) in [5, 5.41) is 6.80. The van der Waals surface area contributed by atoms with Gasteiger partial charge in [-0.1, -0.05) is 18.2 Å². The molecular formula is C37H42FN9O4. The van der Waals surface area contributed by atoms with E-state index >= 15 is 0 Å². The van der Waals surface area contributed by atoms with Crippen molar-refractivity contribution in [3.63, 3.8) is 0 Å². The number of benzene rings is 1. The maximum atomic E-state index is 14.1. The summed E-state index contributed by atoms with van der Waals surface area (Å²) in [6.07, 6.45) is 3.01. The quantitative estimate of drug-likeness (QED) is 0.189. The number of methoxy groups -OCH3 is 1. The van der Waals surface area contributed by atoms with Gasteiger partial charge < -0.3 is 19.1 Å². The minimum atomic E-state index is -0.595. The molecule has 2 aliphatic rings. The lowest BCUT2D eigenvalue weighted by Gasteiger charge is -2.32. The Hall–Kier alpha value is -4.89. The highest BCUT2D eigenvalue weighted by molar-refractivity contribution is 5.95. The summed E-state index contributed by atoms with van der Waals surface area (Å²) in [5.41, 5.74) is 5.67. The van der Waals surface area contributed by atoms with Crippen molar-refractivity contribution in [3.8, 4) is 16.9 Å². The molecule has 2 fully saturated rings. The number of pyridine rings is 2. The zero-order chi connectivity index (χ0) is 35.6. The van der Waals surface area contributed by atoms with Crippen LogP contribution in [-0.4, -0.2) is 116 Å². The Kier molecular flexibility index (Phi) is 10.0. The van der Waals surface area contributed by atoms with Gasteiger partial charge in [0, 0.05) is 90.1 Å². The molecule has 2 saturated heterocycles. The van der Waals surface area contributed by atoms with E-state index in [-0.39, 0.29) is 30.4 Å². The number of rotatable bonds is 11. The van der Waals surface area contributed by atoms with Crippen molar-refractivity contribution in [2.45, 2.75) is 25.9 Å². The number of ketones is 1. The summed E-state index contributed by atoms with van der Waals surface area (Å²) in [6, 6.07) is 14.7. The van der Waals surface area contributed by atoms with E-state index in [1.807, 2.05) is 60.0 Å². The summed E-state index contributed by atoms with van der Waals surface area (Å²) in [5.74, 6) is -0.554. The Labute approximate surface area is 295 Å². The second kappa shape index (κ2) is 14.8. The van der Waals surface area contributed by atoms with Gasteiger partial charge in [-0.3, -0.25) is 14.4 Å². The van der Waals surface area contributed by atoms with Crippen LogP contribution in [0.2, 0.25) is 0 Å². The van der Waals surface area contributed by atoms with Crippen LogP contribution >= 0.6 is 0 Å². The second-order valence-corrected chi connectivity index (χ2v) is 13.3. The van der Waals surface area contributed by atoms with E-state index in [0.29, 0.717) is 61.0 Å². The normalized spacial score (nSPS) is 18.6. The summed E-state index contributed by atoms with van der Waals surface area (Å²) < 4.78 is 22.9. The predicted octanol–water partition coefficient (Wildman–Crippen LogP) is 3.80. The van der Waals surface area contributed by atoms with Crippen LogP contribution in [0, 0.1) is 18.8 Å². The number of halogens is 1. The first-order valence-electron chi connectivity index (χ1n) is 17.2. The van der Waals surface area contributed by atoms with Crippen LogP contribution in [0.4, 0.5) is 4.39 Å². The SMILES string of the molecule is COCCN1C[C@@H](CC(=O)Cc2c(C)c(-c3cnc4c(c3)nc(C(=O)N3CCN(C)CC3)n4C)nn2-c2ccccc2)[C@H](c2ccnc(F)c2)O1. The molecule has 13 nitrogen and oxygen atoms in total. The van der Waals surface area contributed by atoms with Crippen molar-refractivity contribution in [3.05, 3.63) is 89.5 Å². The Morgan fingerprint density at radius 1 is 1.04 bits per heavy atom. The van der Waals surface area contributed by atoms with Crippen molar-refractivity contribution in [1.29, 1.82) is 0 Å². The van der Waals surface area contributed by atoms with Gasteiger partial charge in [-0.05, 0) is 55.4 Å². The maximum absolute atomic E-state index is 14.1. The maximum Gasteiger partial charge on any atom is 0.290 e. The lowest BCUT2D eigenvalue weighted by molar-refractivity contribution is -0.155. The standard InChI is InChI=1S/C37H42FN9O4/c1-24-31(21-29(48)18-27-23-46(16-17-50-4)51-34(27)25-10-11-39-32(38)20-25)47(28-8-6-5-7-9-28)42-33(24)26-19-30-35(40-22-26)44(3)36(41-30)37(49)45-14-12-43(2)13-15-45/h5-11,19-20,22,27,34H,12-18,21,23H2,1-4H3/t27-,34+/m1/s1. The number of hydroxylamine groups is 2. The summed E-state index contributed by atoms with van der Waals surface area (Å²) in [6.45, 7) is 6.38. The second-order valence-electron chi connectivity index (χ2n) is 13.3. The van der Waals surface area contributed by atoms with Crippen molar-refractivity contribution in [2.75, 3.05) is 60.0 Å². The average Bonchev–Trinajstić information content (AvgIpc) is 3.80. The third-order valence-corrected chi connectivity index (χ3v) is 9.82. The number of Topliss-reactive ketones (excluding diaryl/α,β-unsaturated/α-hetero) is 1. The fourth-order valence-corrected chi connectivity index (χ4v) is 6.98. The molecule has 0 bridgehead atoms. The molecule has 0 aliphatic carbocycles. The third kappa shape index (κ3) is 7.17. The average molecular weight is 696 g/mol. The van der Waals surface area contributed by atoms with Crippen LogP contribution in [0.1, 0.15) is 40.0 Å². The zero-order valence-electron chi connectivity index (χ0n) is 29.3. The molecule has 2 atom stereocenters. The molecule has 0 spiro atoms. The van der Waals surface area contributed by atoms with Crippen molar-refractivity contribution in [2.24, 2.45) is 13.0 Å². The predicted molar refractivity (Wildman–Crippen MR) is 187 cm³/mol. The van der Waals surface area contributed by atoms with Crippen LogP contribution in [-0.2, 0) is 27.8 Å². The highest BCUT2D eigenvalue weighted by Crippen LogP contribution is 2.37. The van der Waals surface area contributed by atoms with Crippen LogP contribution in [0.3, 0.4) is 0 Å². The molecule has 7 rings (SSSR count). The number of hydrogen-bond acceptors (Lipinski definition) is 10. The summed E-state index contributed by atoms with van der Waals surface area (Å²) in [7, 11) is 5.49. The fourth-order valence-electron chi connectivity index (χ4n) is 6.98. The van der Waals surface area contributed by atoms with Gasteiger partial charge >= 0.3 is 0 Å². The number of fused-ring (bicyclic) bond motifs is 1. The summed E-state index contributed by atoms with van der Waals surface area (Å²) >= 11 is 0. The molecule has 0 N–H and O–H groups in total. The largest absolute Gasteiger partial charge is 0.383 e. The number of aryl methyl sites for hydroxylation is 1. The molecule has 4 aromatic heterocycles. The summed E-state index contributed by atoms with van der Waals surface area (Å²) in [4.78, 5) is 50.8. The van der Waals surface area contributed by atoms with Crippen LogP contribution in [0.5, 0.6) is 0 Å². The van der Waals surface area contributed by atoms with Gasteiger partial charge in [-0.15, -0.1) is 0 Å². The minimum absolute atomic E-state index is 0.00816. The topological polar surface area (TPSA) is 124 Å². The van der Waals surface area contributed by atoms with Crippen LogP contribution in [0.15, 0.2) is 60.9 Å². The fraction of sp³-hybridized carbons (Fsp3) is 0.405. The van der Waals surface area contributed by atoms with Gasteiger partial charge in [0.1, 0.15) is 17.4 Å². The van der Waals surface area contributed by atoms with Gasteiger partial charge in [0.2, 0.25) is 11.8 Å². The highest BCUT2D eigenvalue weighted by Gasteiger charge is 2.37. The molecule has 5 aromatic rings. The number of carbonyl (C=O) groups is 2. The number of hydrogen-bond donors (Lipinski definition) is 0. The van der Waals surface area contributed by atoms with Crippen molar-refractivity contribution < 1.29 is 23.6 Å². The smallest absolute Gasteiger partial charge is 0.290 e. The number of aromatic nitrogens is 6. The van der Waals surface area contributed by atoms with Crippen LogP contribution < -0.4 is 0 Å². The number of piperazine rings is 1. The number of imidazole rings is 1. The van der Waals surface area contributed by atoms with Gasteiger partial charge in [-0.2, -0.15) is 14.6 Å². The first-order valence-corrected chi connectivity index (χ1v) is 17.2. The number of likely N-dealkylation sites (N-methyl/N-ethyl adjacent to an activating group) is 1. The lowest BCUT2D eigenvalue weighted by Crippen LogP contribution is -2.47. The van der Waals surface area contributed by atoms with E-state index in [0.717, 1.165) is 35.6 Å². The van der Waals surface area contributed by atoms with Crippen LogP contribution in [0.25, 0.3) is 28.1 Å². The molecule has 2 aliphatic heterocycles. The zero-order valence-corrected chi connectivity index (χ0v) is 29.3. The molecule has 266 valence electrons. The first kappa shape index (κ1) is 34.6. The molecule has 1 amide bonds. The van der Waals surface area contributed by atoms with E-state index < -0.39 is 12.1 Å². The molecule has 6 heterocycles. The molecule has 0 unspecified atom stereocenters. The lowest BCUT2D eigenvalue weighted by atomic mass is 9.91. The Bertz CT molecular complexity index is 2040. The van der Waals surface area contributed by atoms with Crippen molar-refractivity contribution >= 4 is 22.9 Å². The number of carbonyl (C=O) groups excluding carboxylic acids is 2. The Morgan fingerprint density at radius 3 is 2.57 bits per heavy atom. The Balaban J connectivity index is 1.17. The highest BCUT2D eigenvalue weighted by atomic mass is 19.1. The number of para-hydroxylation sites is 1. The third-order valence-electron chi connectivity index (χ3n) is 9.82. The van der Waals surface area contributed by atoms with Gasteiger partial charge in [0.05, 0.1) is 23.7 Å². The minimum Gasteiger partial charge on any atom is -0.383 e. The van der Waals surface area contributed by atoms with E-state index in [9.17, 15) is 14.0 Å².